The standard InChI is InChI=1S/C12H15N5/c1-7-9-6-16(2)15-10(9)8-4-5-14-12(13)11(8)17(7)3/h4-7H,1-3H3,(H2,13,14)/i2D3. The molecule has 1 unspecified atom stereocenters. The molecule has 0 spiro atoms. The van der Waals surface area contributed by atoms with Gasteiger partial charge in [0.2, 0.25) is 0 Å². The first-order valence-electron chi connectivity index (χ1n) is 6.88. The van der Waals surface area contributed by atoms with Crippen LogP contribution in [0.3, 0.4) is 0 Å². The molecule has 88 valence electrons. The van der Waals surface area contributed by atoms with E-state index in [-0.39, 0.29) is 6.04 Å². The molecule has 17 heavy (non-hydrogen) atoms. The van der Waals surface area contributed by atoms with Crippen molar-refractivity contribution >= 4 is 11.5 Å². The van der Waals surface area contributed by atoms with E-state index in [0.29, 0.717) is 11.5 Å². The highest BCUT2D eigenvalue weighted by molar-refractivity contribution is 5.87. The van der Waals surface area contributed by atoms with Crippen molar-refractivity contribution in [3.63, 3.8) is 0 Å². The third-order valence-corrected chi connectivity index (χ3v) is 3.33. The van der Waals surface area contributed by atoms with Gasteiger partial charge in [-0.05, 0) is 13.0 Å². The molecule has 5 nitrogen and oxygen atoms in total. The van der Waals surface area contributed by atoms with Crippen LogP contribution in [0.1, 0.15) is 22.6 Å². The third-order valence-electron chi connectivity index (χ3n) is 3.33. The maximum atomic E-state index is 7.48. The number of nitrogen functional groups attached to an aromatic ring is 1. The molecule has 2 aromatic rings. The predicted molar refractivity (Wildman–Crippen MR) is 67.7 cm³/mol. The van der Waals surface area contributed by atoms with Crippen LogP contribution in [0.25, 0.3) is 11.3 Å². The fraction of sp³-hybridized carbons (Fsp3) is 0.333. The molecule has 0 saturated heterocycles. The van der Waals surface area contributed by atoms with E-state index in [4.69, 9.17) is 9.85 Å². The zero-order chi connectivity index (χ0) is 14.7. The number of pyridine rings is 1. The normalized spacial score (nSPS) is 21.2. The van der Waals surface area contributed by atoms with Crippen LogP contribution in [-0.2, 0) is 6.98 Å². The molecule has 2 aromatic heterocycles. The topological polar surface area (TPSA) is 60.0 Å². The fourth-order valence-corrected chi connectivity index (χ4v) is 2.34. The van der Waals surface area contributed by atoms with E-state index >= 15 is 0 Å². The minimum atomic E-state index is -2.28. The Bertz CT molecular complexity index is 676. The molecule has 0 fully saturated rings. The summed E-state index contributed by atoms with van der Waals surface area (Å²) in [5.41, 5.74) is 9.10. The number of fused-ring (bicyclic) bond motifs is 3. The summed E-state index contributed by atoms with van der Waals surface area (Å²) in [5.74, 6) is 0.422. The van der Waals surface area contributed by atoms with Gasteiger partial charge >= 0.3 is 0 Å². The Morgan fingerprint density at radius 2 is 2.35 bits per heavy atom. The molecule has 1 atom stereocenters. The summed E-state index contributed by atoms with van der Waals surface area (Å²) in [6.45, 7) is -0.297. The molecular formula is C12H15N5. The zero-order valence-corrected chi connectivity index (χ0v) is 9.68. The molecule has 0 saturated carbocycles. The molecule has 3 heterocycles. The van der Waals surface area contributed by atoms with Crippen LogP contribution in [0.5, 0.6) is 0 Å². The third kappa shape index (κ3) is 1.25. The fourth-order valence-electron chi connectivity index (χ4n) is 2.34. The molecule has 0 aliphatic carbocycles. The highest BCUT2D eigenvalue weighted by Gasteiger charge is 2.30. The average molecular weight is 232 g/mol. The Hall–Kier alpha value is -2.04. The van der Waals surface area contributed by atoms with Crippen molar-refractivity contribution in [1.29, 1.82) is 0 Å². The van der Waals surface area contributed by atoms with Gasteiger partial charge in [0.25, 0.3) is 0 Å². The Labute approximate surface area is 104 Å². The molecule has 0 amide bonds. The smallest absolute Gasteiger partial charge is 0.147 e. The lowest BCUT2D eigenvalue weighted by atomic mass is 9.96. The zero-order valence-electron chi connectivity index (χ0n) is 12.7. The van der Waals surface area contributed by atoms with Crippen molar-refractivity contribution in [3.05, 3.63) is 24.0 Å². The highest BCUT2D eigenvalue weighted by atomic mass is 15.3. The number of nitrogens with two attached hydrogens (primary N) is 1. The van der Waals surface area contributed by atoms with Gasteiger partial charge in [0.15, 0.2) is 0 Å². The van der Waals surface area contributed by atoms with E-state index in [1.54, 1.807) is 12.4 Å². The molecule has 0 radical (unpaired) electrons. The first-order chi connectivity index (χ1) is 9.30. The molecule has 0 aromatic carbocycles. The van der Waals surface area contributed by atoms with Gasteiger partial charge in [0.05, 0.1) is 17.4 Å². The second kappa shape index (κ2) is 3.23. The number of rotatable bonds is 0. The van der Waals surface area contributed by atoms with Crippen LogP contribution in [0.15, 0.2) is 18.5 Å². The number of hydrogen-bond acceptors (Lipinski definition) is 4. The van der Waals surface area contributed by atoms with Crippen molar-refractivity contribution < 1.29 is 4.11 Å². The number of nitrogens with zero attached hydrogens (tertiary/aromatic N) is 4. The Morgan fingerprint density at radius 1 is 1.53 bits per heavy atom. The van der Waals surface area contributed by atoms with Gasteiger partial charge < -0.3 is 10.6 Å². The Kier molecular flexibility index (Phi) is 1.39. The van der Waals surface area contributed by atoms with Crippen LogP contribution in [0.4, 0.5) is 11.5 Å². The average Bonchev–Trinajstić information content (AvgIpc) is 2.81. The second-order valence-electron chi connectivity index (χ2n) is 4.26. The van der Waals surface area contributed by atoms with Crippen LogP contribution in [0.2, 0.25) is 0 Å². The number of hydrogen-bond donors (Lipinski definition) is 1. The number of aromatic nitrogens is 3. The molecule has 1 aliphatic rings. The van der Waals surface area contributed by atoms with E-state index in [1.165, 1.54) is 0 Å². The van der Waals surface area contributed by atoms with E-state index in [0.717, 1.165) is 21.5 Å². The summed E-state index contributed by atoms with van der Waals surface area (Å²) in [5, 5.41) is 4.23. The second-order valence-corrected chi connectivity index (χ2v) is 4.26. The van der Waals surface area contributed by atoms with Gasteiger partial charge in [-0.1, -0.05) is 0 Å². The molecule has 3 rings (SSSR count). The predicted octanol–water partition coefficient (Wildman–Crippen LogP) is 1.58. The SMILES string of the molecule is [2H]C([2H])([2H])n1cc2c(n1)-c1ccnc(N)c1N(C)C2C. The summed E-state index contributed by atoms with van der Waals surface area (Å²) in [6.07, 6.45) is 3.19. The lowest BCUT2D eigenvalue weighted by Gasteiger charge is -2.33. The maximum Gasteiger partial charge on any atom is 0.147 e. The van der Waals surface area contributed by atoms with Crippen molar-refractivity contribution in [2.75, 3.05) is 17.7 Å². The van der Waals surface area contributed by atoms with Crippen LogP contribution < -0.4 is 10.6 Å². The van der Waals surface area contributed by atoms with E-state index in [1.807, 2.05) is 24.9 Å². The summed E-state index contributed by atoms with van der Waals surface area (Å²) in [6, 6.07) is 1.80. The van der Waals surface area contributed by atoms with Crippen molar-refractivity contribution in [3.8, 4) is 11.3 Å². The van der Waals surface area contributed by atoms with E-state index < -0.39 is 6.98 Å². The van der Waals surface area contributed by atoms with Crippen LogP contribution in [0, 0.1) is 0 Å². The van der Waals surface area contributed by atoms with Gasteiger partial charge in [-0.25, -0.2) is 4.98 Å². The van der Waals surface area contributed by atoms with Crippen LogP contribution in [-0.4, -0.2) is 21.8 Å². The van der Waals surface area contributed by atoms with Crippen molar-refractivity contribution in [2.24, 2.45) is 6.98 Å². The molecule has 0 bridgehead atoms. The quantitative estimate of drug-likeness (QED) is 0.749. The van der Waals surface area contributed by atoms with Gasteiger partial charge in [0, 0.05) is 41.7 Å². The molecule has 5 heteroatoms. The summed E-state index contributed by atoms with van der Waals surface area (Å²) >= 11 is 0. The van der Waals surface area contributed by atoms with Crippen molar-refractivity contribution in [1.82, 2.24) is 14.8 Å². The lowest BCUT2D eigenvalue weighted by molar-refractivity contribution is 0.729. The first kappa shape index (κ1) is 7.32. The lowest BCUT2D eigenvalue weighted by Crippen LogP contribution is -2.26. The van der Waals surface area contributed by atoms with Crippen LogP contribution >= 0.6 is 0 Å². The summed E-state index contributed by atoms with van der Waals surface area (Å²) < 4.78 is 23.5. The Balaban J connectivity index is 2.28. The van der Waals surface area contributed by atoms with Gasteiger partial charge in [-0.3, -0.25) is 4.68 Å². The Morgan fingerprint density at radius 3 is 3.12 bits per heavy atom. The monoisotopic (exact) mass is 232 g/mol. The number of aryl methyl sites for hydroxylation is 1. The highest BCUT2D eigenvalue weighted by Crippen LogP contribution is 2.44. The molecular weight excluding hydrogens is 214 g/mol. The van der Waals surface area contributed by atoms with Gasteiger partial charge in [0.1, 0.15) is 5.82 Å². The van der Waals surface area contributed by atoms with Gasteiger partial charge in [-0.2, -0.15) is 5.10 Å². The largest absolute Gasteiger partial charge is 0.382 e. The minimum Gasteiger partial charge on any atom is -0.382 e. The first-order valence-corrected chi connectivity index (χ1v) is 5.38. The van der Waals surface area contributed by atoms with E-state index in [2.05, 4.69) is 10.1 Å². The molecule has 2 N–H and O–H groups in total. The van der Waals surface area contributed by atoms with Crippen molar-refractivity contribution in [2.45, 2.75) is 13.0 Å². The number of anilines is 2. The molecule has 1 aliphatic heterocycles. The van der Waals surface area contributed by atoms with E-state index in [9.17, 15) is 0 Å². The minimum absolute atomic E-state index is 0.0138. The van der Waals surface area contributed by atoms with Gasteiger partial charge in [-0.15, -0.1) is 0 Å². The summed E-state index contributed by atoms with van der Waals surface area (Å²) in [7, 11) is 1.91. The summed E-state index contributed by atoms with van der Waals surface area (Å²) in [4.78, 5) is 6.09. The maximum absolute atomic E-state index is 7.48.